The third kappa shape index (κ3) is 3.35. The van der Waals surface area contributed by atoms with Gasteiger partial charge in [0, 0.05) is 23.3 Å². The van der Waals surface area contributed by atoms with Crippen LogP contribution in [0.5, 0.6) is 5.75 Å². The first-order valence-corrected chi connectivity index (χ1v) is 7.56. The maximum Gasteiger partial charge on any atom is 0.261 e. The van der Waals surface area contributed by atoms with Gasteiger partial charge in [-0.05, 0) is 30.3 Å². The molecule has 1 amide bonds. The van der Waals surface area contributed by atoms with Gasteiger partial charge in [0.15, 0.2) is 5.13 Å². The van der Waals surface area contributed by atoms with Crippen LogP contribution in [0.25, 0.3) is 11.3 Å². The monoisotopic (exact) mass is 329 g/mol. The van der Waals surface area contributed by atoms with Crippen molar-refractivity contribution in [2.75, 3.05) is 12.4 Å². The molecular formula is C16H12FN3O2S. The highest BCUT2D eigenvalue weighted by molar-refractivity contribution is 7.14. The lowest BCUT2D eigenvalue weighted by Gasteiger charge is -2.07. The number of nitrogens with one attached hydrogen (secondary N) is 1. The predicted molar refractivity (Wildman–Crippen MR) is 86.3 cm³/mol. The summed E-state index contributed by atoms with van der Waals surface area (Å²) in [5.74, 6) is -0.687. The topological polar surface area (TPSA) is 64.1 Å². The smallest absolute Gasteiger partial charge is 0.261 e. The zero-order valence-corrected chi connectivity index (χ0v) is 12.9. The number of aromatic nitrogens is 2. The number of benzene rings is 1. The molecule has 2 heterocycles. The largest absolute Gasteiger partial charge is 0.496 e. The minimum atomic E-state index is -0.508. The number of thiazole rings is 1. The number of nitrogens with zero attached hydrogens (tertiary/aromatic N) is 2. The minimum absolute atomic E-state index is 0.116. The second kappa shape index (κ2) is 6.53. The SMILES string of the molecule is COc1ccc(F)cc1C(=O)Nc1nc(-c2cccnc2)cs1. The Morgan fingerprint density at radius 1 is 1.35 bits per heavy atom. The Kier molecular flexibility index (Phi) is 4.29. The number of hydrogen-bond acceptors (Lipinski definition) is 5. The number of carbonyl (C=O) groups excluding carboxylic acids is 1. The van der Waals surface area contributed by atoms with Gasteiger partial charge in [-0.3, -0.25) is 15.1 Å². The Bertz CT molecular complexity index is 836. The third-order valence-corrected chi connectivity index (χ3v) is 3.85. The molecule has 0 saturated carbocycles. The summed E-state index contributed by atoms with van der Waals surface area (Å²) >= 11 is 1.28. The van der Waals surface area contributed by atoms with Crippen molar-refractivity contribution in [2.24, 2.45) is 0 Å². The zero-order chi connectivity index (χ0) is 16.2. The molecule has 0 saturated heterocycles. The van der Waals surface area contributed by atoms with Crippen molar-refractivity contribution >= 4 is 22.4 Å². The van der Waals surface area contributed by atoms with Crippen LogP contribution in [0.3, 0.4) is 0 Å². The van der Waals surface area contributed by atoms with E-state index in [0.29, 0.717) is 16.6 Å². The molecular weight excluding hydrogens is 317 g/mol. The van der Waals surface area contributed by atoms with E-state index in [0.717, 1.165) is 11.6 Å². The highest BCUT2D eigenvalue weighted by Crippen LogP contribution is 2.26. The molecule has 5 nitrogen and oxygen atoms in total. The van der Waals surface area contributed by atoms with Crippen molar-refractivity contribution in [1.29, 1.82) is 0 Å². The molecule has 7 heteroatoms. The molecule has 0 fully saturated rings. The molecule has 0 radical (unpaired) electrons. The summed E-state index contributed by atoms with van der Waals surface area (Å²) in [6.45, 7) is 0. The van der Waals surface area contributed by atoms with Crippen LogP contribution in [0.1, 0.15) is 10.4 Å². The average Bonchev–Trinajstić information content (AvgIpc) is 3.04. The Labute approximate surface area is 135 Å². The second-order valence-corrected chi connectivity index (χ2v) is 5.44. The molecule has 0 unspecified atom stereocenters. The average molecular weight is 329 g/mol. The molecule has 116 valence electrons. The molecule has 3 rings (SSSR count). The maximum atomic E-state index is 13.4. The Balaban J connectivity index is 1.82. The molecule has 3 aromatic rings. The van der Waals surface area contributed by atoms with Crippen LogP contribution in [0, 0.1) is 5.82 Å². The molecule has 0 aliphatic carbocycles. The lowest BCUT2D eigenvalue weighted by Crippen LogP contribution is -2.13. The summed E-state index contributed by atoms with van der Waals surface area (Å²) < 4.78 is 18.4. The lowest BCUT2D eigenvalue weighted by atomic mass is 10.2. The number of anilines is 1. The molecule has 0 aliphatic heterocycles. The normalized spacial score (nSPS) is 10.3. The van der Waals surface area contributed by atoms with Crippen LogP contribution in [-0.4, -0.2) is 23.0 Å². The van der Waals surface area contributed by atoms with Gasteiger partial charge in [-0.15, -0.1) is 11.3 Å². The van der Waals surface area contributed by atoms with Crippen molar-refractivity contribution < 1.29 is 13.9 Å². The van der Waals surface area contributed by atoms with Crippen LogP contribution >= 0.6 is 11.3 Å². The fourth-order valence-electron chi connectivity index (χ4n) is 2.00. The van der Waals surface area contributed by atoms with E-state index in [-0.39, 0.29) is 5.56 Å². The minimum Gasteiger partial charge on any atom is -0.496 e. The second-order valence-electron chi connectivity index (χ2n) is 4.58. The fourth-order valence-corrected chi connectivity index (χ4v) is 2.71. The third-order valence-electron chi connectivity index (χ3n) is 3.09. The summed E-state index contributed by atoms with van der Waals surface area (Å²) in [4.78, 5) is 20.7. The number of halogens is 1. The molecule has 0 bridgehead atoms. The van der Waals surface area contributed by atoms with Crippen molar-refractivity contribution in [3.63, 3.8) is 0 Å². The Hall–Kier alpha value is -2.80. The Morgan fingerprint density at radius 3 is 2.96 bits per heavy atom. The molecule has 0 spiro atoms. The summed E-state index contributed by atoms with van der Waals surface area (Å²) in [5, 5.41) is 4.88. The first-order valence-electron chi connectivity index (χ1n) is 6.68. The number of hydrogen-bond donors (Lipinski definition) is 1. The first-order chi connectivity index (χ1) is 11.2. The van der Waals surface area contributed by atoms with Crippen molar-refractivity contribution in [3.05, 3.63) is 59.5 Å². The highest BCUT2D eigenvalue weighted by Gasteiger charge is 2.15. The number of ether oxygens (including phenoxy) is 1. The molecule has 1 aromatic carbocycles. The predicted octanol–water partition coefficient (Wildman–Crippen LogP) is 3.61. The molecule has 23 heavy (non-hydrogen) atoms. The number of methoxy groups -OCH3 is 1. The summed E-state index contributed by atoms with van der Waals surface area (Å²) in [7, 11) is 1.42. The van der Waals surface area contributed by atoms with Crippen molar-refractivity contribution in [3.8, 4) is 17.0 Å². The van der Waals surface area contributed by atoms with Crippen molar-refractivity contribution in [2.45, 2.75) is 0 Å². The zero-order valence-electron chi connectivity index (χ0n) is 12.1. The summed E-state index contributed by atoms with van der Waals surface area (Å²) in [6, 6.07) is 7.46. The van der Waals surface area contributed by atoms with Crippen LogP contribution < -0.4 is 10.1 Å². The number of amides is 1. The van der Waals surface area contributed by atoms with Crippen LogP contribution in [0.4, 0.5) is 9.52 Å². The lowest BCUT2D eigenvalue weighted by molar-refractivity contribution is 0.102. The molecule has 2 aromatic heterocycles. The van der Waals surface area contributed by atoms with E-state index in [4.69, 9.17) is 4.74 Å². The van der Waals surface area contributed by atoms with Gasteiger partial charge in [-0.1, -0.05) is 0 Å². The van der Waals surface area contributed by atoms with E-state index in [1.54, 1.807) is 12.4 Å². The highest BCUT2D eigenvalue weighted by atomic mass is 32.1. The standard InChI is InChI=1S/C16H12FN3O2S/c1-22-14-5-4-11(17)7-12(14)15(21)20-16-19-13(9-23-16)10-3-2-6-18-8-10/h2-9H,1H3,(H,19,20,21). The van der Waals surface area contributed by atoms with Gasteiger partial charge in [0.05, 0.1) is 18.4 Å². The van der Waals surface area contributed by atoms with E-state index in [9.17, 15) is 9.18 Å². The van der Waals surface area contributed by atoms with Gasteiger partial charge >= 0.3 is 0 Å². The van der Waals surface area contributed by atoms with Crippen LogP contribution in [0.2, 0.25) is 0 Å². The van der Waals surface area contributed by atoms with Crippen molar-refractivity contribution in [1.82, 2.24) is 9.97 Å². The molecule has 1 N–H and O–H groups in total. The quantitative estimate of drug-likeness (QED) is 0.794. The summed E-state index contributed by atoms with van der Waals surface area (Å²) in [5.41, 5.74) is 1.68. The fraction of sp³-hybridized carbons (Fsp3) is 0.0625. The van der Waals surface area contributed by atoms with E-state index in [2.05, 4.69) is 15.3 Å². The van der Waals surface area contributed by atoms with Gasteiger partial charge < -0.3 is 4.74 Å². The maximum absolute atomic E-state index is 13.4. The number of rotatable bonds is 4. The van der Waals surface area contributed by atoms with Gasteiger partial charge in [-0.2, -0.15) is 0 Å². The van der Waals surface area contributed by atoms with Gasteiger partial charge in [-0.25, -0.2) is 9.37 Å². The number of pyridine rings is 1. The van der Waals surface area contributed by atoms with E-state index in [1.165, 1.54) is 30.6 Å². The van der Waals surface area contributed by atoms with Crippen LogP contribution in [-0.2, 0) is 0 Å². The van der Waals surface area contributed by atoms with Crippen LogP contribution in [0.15, 0.2) is 48.1 Å². The van der Waals surface area contributed by atoms with E-state index < -0.39 is 11.7 Å². The van der Waals surface area contributed by atoms with Gasteiger partial charge in [0.1, 0.15) is 11.6 Å². The Morgan fingerprint density at radius 2 is 2.22 bits per heavy atom. The summed E-state index contributed by atoms with van der Waals surface area (Å²) in [6.07, 6.45) is 3.37. The van der Waals surface area contributed by atoms with Gasteiger partial charge in [0.2, 0.25) is 0 Å². The van der Waals surface area contributed by atoms with E-state index >= 15 is 0 Å². The van der Waals surface area contributed by atoms with E-state index in [1.807, 2.05) is 17.5 Å². The van der Waals surface area contributed by atoms with Gasteiger partial charge in [0.25, 0.3) is 5.91 Å². The first kappa shape index (κ1) is 15.1. The number of carbonyl (C=O) groups is 1. The molecule has 0 atom stereocenters. The molecule has 0 aliphatic rings.